The zero-order valence-electron chi connectivity index (χ0n) is 11.7. The SMILES string of the molecule is O=C(NCCNC(=O)C1CCCC1)c1cc(F)ccc1O. The van der Waals surface area contributed by atoms with Gasteiger partial charge in [0.1, 0.15) is 11.6 Å². The first-order chi connectivity index (χ1) is 10.1. The third-order valence-corrected chi connectivity index (χ3v) is 3.64. The highest BCUT2D eigenvalue weighted by atomic mass is 19.1. The van der Waals surface area contributed by atoms with Crippen molar-refractivity contribution < 1.29 is 19.1 Å². The Labute approximate surface area is 122 Å². The van der Waals surface area contributed by atoms with E-state index in [-0.39, 0.29) is 29.7 Å². The summed E-state index contributed by atoms with van der Waals surface area (Å²) in [6.45, 7) is 0.546. The molecule has 1 fully saturated rings. The Morgan fingerprint density at radius 1 is 1.19 bits per heavy atom. The lowest BCUT2D eigenvalue weighted by Crippen LogP contribution is -2.37. The molecule has 1 saturated carbocycles. The van der Waals surface area contributed by atoms with Gasteiger partial charge >= 0.3 is 0 Å². The lowest BCUT2D eigenvalue weighted by atomic mass is 10.1. The minimum Gasteiger partial charge on any atom is -0.507 e. The van der Waals surface area contributed by atoms with Gasteiger partial charge in [-0.15, -0.1) is 0 Å². The van der Waals surface area contributed by atoms with Crippen molar-refractivity contribution in [1.29, 1.82) is 0 Å². The van der Waals surface area contributed by atoms with Gasteiger partial charge in [-0.1, -0.05) is 12.8 Å². The number of amides is 2. The predicted molar refractivity (Wildman–Crippen MR) is 75.4 cm³/mol. The molecule has 0 atom stereocenters. The molecule has 0 spiro atoms. The van der Waals surface area contributed by atoms with Crippen LogP contribution in [0.25, 0.3) is 0 Å². The number of carbonyl (C=O) groups is 2. The third kappa shape index (κ3) is 4.18. The van der Waals surface area contributed by atoms with Crippen molar-refractivity contribution in [2.75, 3.05) is 13.1 Å². The molecular formula is C15H19FN2O3. The number of phenolic OH excluding ortho intramolecular Hbond substituents is 1. The Morgan fingerprint density at radius 2 is 1.86 bits per heavy atom. The van der Waals surface area contributed by atoms with Crippen LogP contribution in [0.3, 0.4) is 0 Å². The molecule has 6 heteroatoms. The molecule has 1 aliphatic rings. The molecule has 1 aromatic carbocycles. The Kier molecular flexibility index (Phi) is 5.14. The molecule has 114 valence electrons. The molecule has 0 aromatic heterocycles. The Balaban J connectivity index is 1.74. The van der Waals surface area contributed by atoms with E-state index in [1.54, 1.807) is 0 Å². The number of carbonyl (C=O) groups excluding carboxylic acids is 2. The van der Waals surface area contributed by atoms with Crippen LogP contribution in [0, 0.1) is 11.7 Å². The zero-order valence-corrected chi connectivity index (χ0v) is 11.7. The van der Waals surface area contributed by atoms with Crippen LogP contribution in [0.4, 0.5) is 4.39 Å². The van der Waals surface area contributed by atoms with E-state index in [2.05, 4.69) is 10.6 Å². The number of phenols is 1. The van der Waals surface area contributed by atoms with Gasteiger partial charge in [0.2, 0.25) is 5.91 Å². The van der Waals surface area contributed by atoms with Crippen molar-refractivity contribution in [2.24, 2.45) is 5.92 Å². The molecule has 5 nitrogen and oxygen atoms in total. The van der Waals surface area contributed by atoms with E-state index in [0.717, 1.165) is 43.9 Å². The van der Waals surface area contributed by atoms with E-state index in [0.29, 0.717) is 6.54 Å². The molecule has 3 N–H and O–H groups in total. The normalized spacial score (nSPS) is 14.9. The van der Waals surface area contributed by atoms with Crippen LogP contribution >= 0.6 is 0 Å². The van der Waals surface area contributed by atoms with Crippen molar-refractivity contribution in [1.82, 2.24) is 10.6 Å². The van der Waals surface area contributed by atoms with Crippen LogP contribution in [-0.4, -0.2) is 30.0 Å². The second-order valence-corrected chi connectivity index (χ2v) is 5.19. The molecule has 21 heavy (non-hydrogen) atoms. The van der Waals surface area contributed by atoms with Crippen LogP contribution in [0.1, 0.15) is 36.0 Å². The maximum absolute atomic E-state index is 13.0. The first-order valence-electron chi connectivity index (χ1n) is 7.12. The van der Waals surface area contributed by atoms with Crippen LogP contribution in [0.2, 0.25) is 0 Å². The molecule has 1 aromatic rings. The van der Waals surface area contributed by atoms with Gasteiger partial charge in [0.25, 0.3) is 5.91 Å². The molecule has 0 aliphatic heterocycles. The number of hydrogen-bond donors (Lipinski definition) is 3. The number of nitrogens with one attached hydrogen (secondary N) is 2. The molecule has 0 unspecified atom stereocenters. The maximum atomic E-state index is 13.0. The first kappa shape index (κ1) is 15.3. The van der Waals surface area contributed by atoms with Crippen LogP contribution in [0.15, 0.2) is 18.2 Å². The fourth-order valence-corrected chi connectivity index (χ4v) is 2.48. The van der Waals surface area contributed by atoms with Gasteiger partial charge in [-0.3, -0.25) is 9.59 Å². The van der Waals surface area contributed by atoms with Crippen LogP contribution in [0.5, 0.6) is 5.75 Å². The lowest BCUT2D eigenvalue weighted by molar-refractivity contribution is -0.124. The van der Waals surface area contributed by atoms with E-state index in [1.165, 1.54) is 0 Å². The maximum Gasteiger partial charge on any atom is 0.255 e. The van der Waals surface area contributed by atoms with Gasteiger partial charge in [0, 0.05) is 19.0 Å². The van der Waals surface area contributed by atoms with Crippen molar-refractivity contribution in [2.45, 2.75) is 25.7 Å². The van der Waals surface area contributed by atoms with Gasteiger partial charge in [-0.2, -0.15) is 0 Å². The number of rotatable bonds is 5. The van der Waals surface area contributed by atoms with Gasteiger partial charge < -0.3 is 15.7 Å². The highest BCUT2D eigenvalue weighted by Crippen LogP contribution is 2.24. The zero-order chi connectivity index (χ0) is 15.2. The van der Waals surface area contributed by atoms with Gasteiger partial charge in [-0.25, -0.2) is 4.39 Å². The van der Waals surface area contributed by atoms with E-state index in [9.17, 15) is 19.1 Å². The standard InChI is InChI=1S/C15H19FN2O3/c16-11-5-6-13(19)12(9-11)15(21)18-8-7-17-14(20)10-3-1-2-4-10/h5-6,9-10,19H,1-4,7-8H2,(H,17,20)(H,18,21). The summed E-state index contributed by atoms with van der Waals surface area (Å²) in [7, 11) is 0. The molecular weight excluding hydrogens is 275 g/mol. The fraction of sp³-hybridized carbons (Fsp3) is 0.467. The second-order valence-electron chi connectivity index (χ2n) is 5.19. The first-order valence-corrected chi connectivity index (χ1v) is 7.12. The molecule has 2 amide bonds. The lowest BCUT2D eigenvalue weighted by Gasteiger charge is -2.11. The number of benzene rings is 1. The minimum absolute atomic E-state index is 0.0235. The summed E-state index contributed by atoms with van der Waals surface area (Å²) in [4.78, 5) is 23.5. The molecule has 0 saturated heterocycles. The number of hydrogen-bond acceptors (Lipinski definition) is 3. The summed E-state index contributed by atoms with van der Waals surface area (Å²) in [5.74, 6) is -1.32. The summed E-state index contributed by atoms with van der Waals surface area (Å²) in [5, 5.41) is 14.8. The number of aromatic hydroxyl groups is 1. The van der Waals surface area contributed by atoms with E-state index in [1.807, 2.05) is 0 Å². The van der Waals surface area contributed by atoms with Crippen molar-refractivity contribution in [3.63, 3.8) is 0 Å². The monoisotopic (exact) mass is 294 g/mol. The van der Waals surface area contributed by atoms with Crippen molar-refractivity contribution in [3.05, 3.63) is 29.6 Å². The molecule has 1 aliphatic carbocycles. The van der Waals surface area contributed by atoms with Gasteiger partial charge in [0.05, 0.1) is 5.56 Å². The summed E-state index contributed by atoms with van der Waals surface area (Å²) in [5.41, 5.74) is -0.114. The van der Waals surface area contributed by atoms with Crippen LogP contribution < -0.4 is 10.6 Å². The van der Waals surface area contributed by atoms with Crippen molar-refractivity contribution >= 4 is 11.8 Å². The Hall–Kier alpha value is -2.11. The topological polar surface area (TPSA) is 78.4 Å². The average Bonchev–Trinajstić information content (AvgIpc) is 3.00. The summed E-state index contributed by atoms with van der Waals surface area (Å²) >= 11 is 0. The Morgan fingerprint density at radius 3 is 2.57 bits per heavy atom. The molecule has 0 heterocycles. The predicted octanol–water partition coefficient (Wildman–Crippen LogP) is 1.57. The minimum atomic E-state index is -0.590. The van der Waals surface area contributed by atoms with E-state index in [4.69, 9.17) is 0 Å². The highest BCUT2D eigenvalue weighted by molar-refractivity contribution is 5.96. The Bertz CT molecular complexity index is 528. The smallest absolute Gasteiger partial charge is 0.255 e. The average molecular weight is 294 g/mol. The quantitative estimate of drug-likeness (QED) is 0.721. The second kappa shape index (κ2) is 7.06. The van der Waals surface area contributed by atoms with Crippen LogP contribution in [-0.2, 0) is 4.79 Å². The van der Waals surface area contributed by atoms with E-state index < -0.39 is 11.7 Å². The van der Waals surface area contributed by atoms with Gasteiger partial charge in [-0.05, 0) is 31.0 Å². The summed E-state index contributed by atoms with van der Waals surface area (Å²) in [6, 6.07) is 3.18. The third-order valence-electron chi connectivity index (χ3n) is 3.64. The largest absolute Gasteiger partial charge is 0.507 e. The van der Waals surface area contributed by atoms with E-state index >= 15 is 0 Å². The molecule has 2 rings (SSSR count). The summed E-state index contributed by atoms with van der Waals surface area (Å²) in [6.07, 6.45) is 4.03. The number of halogens is 1. The van der Waals surface area contributed by atoms with Gasteiger partial charge in [0.15, 0.2) is 0 Å². The van der Waals surface area contributed by atoms with Crippen molar-refractivity contribution in [3.8, 4) is 5.75 Å². The fourth-order valence-electron chi connectivity index (χ4n) is 2.48. The highest BCUT2D eigenvalue weighted by Gasteiger charge is 2.22. The molecule has 0 bridgehead atoms. The summed E-state index contributed by atoms with van der Waals surface area (Å²) < 4.78 is 13.0. The molecule has 0 radical (unpaired) electrons.